The SMILES string of the molecule is Cc1ccc2sc(NC(=O)C(F)(F)C(F)(F)C(F)(F)C(F)(F)C(F)(F)C(F)(F)C(F)(F)C(F)F)nc2c1. The van der Waals surface area contributed by atoms with Crippen molar-refractivity contribution in [3.63, 3.8) is 0 Å². The largest absolute Gasteiger partial charge is 0.393 e. The van der Waals surface area contributed by atoms with Gasteiger partial charge < -0.3 is 0 Å². The van der Waals surface area contributed by atoms with Crippen LogP contribution in [0.5, 0.6) is 0 Å². The first-order chi connectivity index (χ1) is 16.3. The molecule has 3 nitrogen and oxygen atoms in total. The highest BCUT2D eigenvalue weighted by Crippen LogP contribution is 2.62. The third-order valence-electron chi connectivity index (χ3n) is 4.71. The highest BCUT2D eigenvalue weighted by atomic mass is 32.1. The highest BCUT2D eigenvalue weighted by molar-refractivity contribution is 7.22. The molecule has 1 amide bonds. The predicted molar refractivity (Wildman–Crippen MR) is 93.6 cm³/mol. The Morgan fingerprint density at radius 1 is 0.784 bits per heavy atom. The van der Waals surface area contributed by atoms with E-state index in [2.05, 4.69) is 4.98 Å². The van der Waals surface area contributed by atoms with E-state index in [4.69, 9.17) is 0 Å². The number of amides is 1. The van der Waals surface area contributed by atoms with Gasteiger partial charge in [0.1, 0.15) is 0 Å². The van der Waals surface area contributed by atoms with Crippen LogP contribution in [0.1, 0.15) is 5.56 Å². The Labute approximate surface area is 197 Å². The van der Waals surface area contributed by atoms with E-state index in [1.165, 1.54) is 25.1 Å². The van der Waals surface area contributed by atoms with Gasteiger partial charge in [-0.15, -0.1) is 0 Å². The molecular formula is C17H8F16N2OS. The second-order valence-corrected chi connectivity index (χ2v) is 8.34. The van der Waals surface area contributed by atoms with Crippen molar-refractivity contribution in [2.75, 3.05) is 5.32 Å². The number of halogens is 16. The van der Waals surface area contributed by atoms with Crippen LogP contribution < -0.4 is 5.32 Å². The standard InChI is InChI=1S/C17H8F16N2OS/c1-5-2-3-7-6(4-5)34-10(37-7)35-9(36)12(22,23)14(26,27)16(30,31)17(32,33)15(28,29)13(24,25)11(20,21)8(18)19/h2-4,8H,1H3,(H,34,35,36). The first kappa shape index (κ1) is 30.7. The van der Waals surface area contributed by atoms with Gasteiger partial charge in [0.25, 0.3) is 0 Å². The summed E-state index contributed by atoms with van der Waals surface area (Å²) < 4.78 is 214. The number of hydrogen-bond acceptors (Lipinski definition) is 3. The van der Waals surface area contributed by atoms with Crippen molar-refractivity contribution in [3.8, 4) is 0 Å². The second kappa shape index (κ2) is 8.75. The molecule has 0 atom stereocenters. The number of alkyl halides is 16. The van der Waals surface area contributed by atoms with Crippen LogP contribution in [0.25, 0.3) is 10.2 Å². The van der Waals surface area contributed by atoms with Gasteiger partial charge in [-0.3, -0.25) is 10.1 Å². The summed E-state index contributed by atoms with van der Waals surface area (Å²) in [5.41, 5.74) is 0.415. The molecular weight excluding hydrogens is 584 g/mol. The summed E-state index contributed by atoms with van der Waals surface area (Å²) in [7, 11) is 0. The summed E-state index contributed by atoms with van der Waals surface area (Å²) in [4.78, 5) is 15.0. The normalized spacial score (nSPS) is 15.0. The number of thiazole rings is 1. The third kappa shape index (κ3) is 4.23. The van der Waals surface area contributed by atoms with Crippen LogP contribution in [-0.4, -0.2) is 58.8 Å². The van der Waals surface area contributed by atoms with Crippen LogP contribution in [0.3, 0.4) is 0 Å². The van der Waals surface area contributed by atoms with Crippen molar-refractivity contribution in [3.05, 3.63) is 23.8 Å². The van der Waals surface area contributed by atoms with E-state index >= 15 is 0 Å². The molecule has 1 heterocycles. The molecule has 0 fully saturated rings. The number of hydrogen-bond donors (Lipinski definition) is 1. The first-order valence-corrected chi connectivity index (χ1v) is 9.73. The maximum Gasteiger partial charge on any atom is 0.393 e. The van der Waals surface area contributed by atoms with Gasteiger partial charge in [0, 0.05) is 0 Å². The van der Waals surface area contributed by atoms with E-state index in [9.17, 15) is 75.0 Å². The number of nitrogens with one attached hydrogen (secondary N) is 1. The molecule has 0 saturated carbocycles. The van der Waals surface area contributed by atoms with Crippen LogP contribution >= 0.6 is 11.3 Å². The molecule has 1 aromatic carbocycles. The summed E-state index contributed by atoms with van der Waals surface area (Å²) >= 11 is 0.257. The van der Waals surface area contributed by atoms with E-state index in [1.807, 2.05) is 0 Å². The van der Waals surface area contributed by atoms with Crippen LogP contribution in [-0.2, 0) is 4.79 Å². The van der Waals surface area contributed by atoms with Crippen LogP contribution in [0.2, 0.25) is 0 Å². The van der Waals surface area contributed by atoms with Gasteiger partial charge in [-0.2, -0.15) is 61.5 Å². The third-order valence-corrected chi connectivity index (χ3v) is 5.66. The zero-order valence-electron chi connectivity index (χ0n) is 17.1. The van der Waals surface area contributed by atoms with Crippen molar-refractivity contribution in [2.24, 2.45) is 0 Å². The average Bonchev–Trinajstić information content (AvgIpc) is 3.13. The Morgan fingerprint density at radius 2 is 1.24 bits per heavy atom. The first-order valence-electron chi connectivity index (χ1n) is 8.92. The maximum absolute atomic E-state index is 14.0. The number of aryl methyl sites for hydroxylation is 1. The van der Waals surface area contributed by atoms with E-state index in [1.54, 1.807) is 0 Å². The molecule has 2 aromatic rings. The molecule has 0 aliphatic carbocycles. The Morgan fingerprint density at radius 3 is 1.73 bits per heavy atom. The van der Waals surface area contributed by atoms with Gasteiger partial charge in [-0.05, 0) is 24.6 Å². The Balaban J connectivity index is 2.50. The Kier molecular flexibility index (Phi) is 7.26. The van der Waals surface area contributed by atoms with E-state index in [0.717, 1.165) is 5.32 Å². The lowest BCUT2D eigenvalue weighted by Gasteiger charge is -2.42. The highest BCUT2D eigenvalue weighted by Gasteiger charge is 2.94. The Bertz CT molecular complexity index is 1180. The number of nitrogens with zero attached hydrogens (tertiary/aromatic N) is 1. The number of carbonyl (C=O) groups is 1. The van der Waals surface area contributed by atoms with Crippen molar-refractivity contribution >= 4 is 32.6 Å². The second-order valence-electron chi connectivity index (χ2n) is 7.31. The van der Waals surface area contributed by atoms with Gasteiger partial charge in [-0.1, -0.05) is 17.4 Å². The van der Waals surface area contributed by atoms with Crippen LogP contribution in [0.4, 0.5) is 75.4 Å². The summed E-state index contributed by atoms with van der Waals surface area (Å²) in [6.07, 6.45) is -5.93. The van der Waals surface area contributed by atoms with Crippen molar-refractivity contribution < 1.29 is 75.0 Å². The number of aromatic nitrogens is 1. The minimum Gasteiger partial charge on any atom is -0.296 e. The number of rotatable bonds is 9. The minimum absolute atomic E-state index is 0.0749. The smallest absolute Gasteiger partial charge is 0.296 e. The molecule has 1 N–H and O–H groups in total. The molecule has 0 saturated heterocycles. The topological polar surface area (TPSA) is 42.0 Å². The van der Waals surface area contributed by atoms with E-state index < -0.39 is 58.9 Å². The molecule has 0 aliphatic heterocycles. The summed E-state index contributed by atoms with van der Waals surface area (Å²) in [6.45, 7) is 1.49. The molecule has 20 heteroatoms. The molecule has 0 aliphatic rings. The average molecular weight is 592 g/mol. The summed E-state index contributed by atoms with van der Waals surface area (Å²) in [6, 6.07) is 3.92. The number of carbonyl (C=O) groups excluding carboxylic acids is 1. The molecule has 2 rings (SSSR count). The van der Waals surface area contributed by atoms with Gasteiger partial charge in [0.15, 0.2) is 5.13 Å². The van der Waals surface area contributed by atoms with Gasteiger partial charge in [0.05, 0.1) is 10.2 Å². The molecule has 0 spiro atoms. The zero-order valence-corrected chi connectivity index (χ0v) is 17.9. The molecule has 210 valence electrons. The number of fused-ring (bicyclic) bond motifs is 1. The summed E-state index contributed by atoms with van der Waals surface area (Å²) in [5, 5.41) is -0.189. The number of benzene rings is 1. The summed E-state index contributed by atoms with van der Waals surface area (Å²) in [5.74, 6) is -59.9. The minimum atomic E-state index is -8.57. The molecule has 37 heavy (non-hydrogen) atoms. The molecule has 0 unspecified atom stereocenters. The fourth-order valence-electron chi connectivity index (χ4n) is 2.54. The fraction of sp³-hybridized carbons (Fsp3) is 0.529. The van der Waals surface area contributed by atoms with Crippen molar-refractivity contribution in [1.82, 2.24) is 4.98 Å². The van der Waals surface area contributed by atoms with Crippen LogP contribution in [0.15, 0.2) is 18.2 Å². The fourth-order valence-corrected chi connectivity index (χ4v) is 3.39. The zero-order chi connectivity index (χ0) is 29.2. The lowest BCUT2D eigenvalue weighted by Crippen LogP contribution is -2.74. The monoisotopic (exact) mass is 592 g/mol. The van der Waals surface area contributed by atoms with Gasteiger partial charge in [0.2, 0.25) is 0 Å². The van der Waals surface area contributed by atoms with Gasteiger partial charge >= 0.3 is 53.8 Å². The van der Waals surface area contributed by atoms with Crippen LogP contribution in [0, 0.1) is 6.92 Å². The van der Waals surface area contributed by atoms with E-state index in [-0.39, 0.29) is 21.6 Å². The van der Waals surface area contributed by atoms with E-state index in [0.29, 0.717) is 5.56 Å². The van der Waals surface area contributed by atoms with Crippen molar-refractivity contribution in [1.29, 1.82) is 0 Å². The quantitative estimate of drug-likeness (QED) is 0.312. The molecule has 0 bridgehead atoms. The molecule has 0 radical (unpaired) electrons. The Hall–Kier alpha value is -2.54. The molecule has 1 aromatic heterocycles. The van der Waals surface area contributed by atoms with Crippen molar-refractivity contribution in [2.45, 2.75) is 54.8 Å². The maximum atomic E-state index is 14.0. The van der Waals surface area contributed by atoms with Gasteiger partial charge in [-0.25, -0.2) is 13.8 Å². The number of anilines is 1. The lowest BCUT2D eigenvalue weighted by atomic mass is 9.89. The lowest BCUT2D eigenvalue weighted by molar-refractivity contribution is -0.443. The predicted octanol–water partition coefficient (Wildman–Crippen LogP) is 7.26.